The molecule has 0 bridgehead atoms. The third-order valence-corrected chi connectivity index (χ3v) is 4.92. The first-order valence-corrected chi connectivity index (χ1v) is 8.44. The lowest BCUT2D eigenvalue weighted by molar-refractivity contribution is -0.133. The number of hydrogen-bond acceptors (Lipinski definition) is 3. The number of carbonyl (C=O) groups excluding carboxylic acids is 2. The first-order chi connectivity index (χ1) is 10.2. The van der Waals surface area contributed by atoms with Crippen molar-refractivity contribution in [3.05, 3.63) is 0 Å². The summed E-state index contributed by atoms with van der Waals surface area (Å²) in [5.41, 5.74) is 0. The van der Waals surface area contributed by atoms with Gasteiger partial charge in [0.15, 0.2) is 0 Å². The Hall–Kier alpha value is -1.10. The van der Waals surface area contributed by atoms with Crippen LogP contribution in [0.15, 0.2) is 0 Å². The van der Waals surface area contributed by atoms with Gasteiger partial charge in [-0.3, -0.25) is 14.5 Å². The van der Waals surface area contributed by atoms with E-state index < -0.39 is 0 Å². The first-order valence-electron chi connectivity index (χ1n) is 8.44. The third kappa shape index (κ3) is 3.76. The number of nitrogens with zero attached hydrogens (tertiary/aromatic N) is 1. The quantitative estimate of drug-likeness (QED) is 0.803. The SMILES string of the molecule is CCNC(=O)[C@@H]1CCCN1[C@@H](C(=O)NC)C1CCCCC1. The molecule has 5 nitrogen and oxygen atoms in total. The lowest BCUT2D eigenvalue weighted by atomic mass is 9.82. The number of likely N-dealkylation sites (N-methyl/N-ethyl adjacent to an activating group) is 2. The van der Waals surface area contributed by atoms with Crippen molar-refractivity contribution in [1.82, 2.24) is 15.5 Å². The largest absolute Gasteiger partial charge is 0.358 e. The number of nitrogens with one attached hydrogen (secondary N) is 2. The van der Waals surface area contributed by atoms with E-state index in [1.807, 2.05) is 6.92 Å². The molecule has 0 radical (unpaired) electrons. The summed E-state index contributed by atoms with van der Waals surface area (Å²) >= 11 is 0. The van der Waals surface area contributed by atoms with Crippen molar-refractivity contribution in [1.29, 1.82) is 0 Å². The first kappa shape index (κ1) is 16.3. The van der Waals surface area contributed by atoms with Crippen LogP contribution in [0.25, 0.3) is 0 Å². The van der Waals surface area contributed by atoms with Crippen LogP contribution in [0.1, 0.15) is 51.9 Å². The predicted molar refractivity (Wildman–Crippen MR) is 82.8 cm³/mol. The average Bonchev–Trinajstić information content (AvgIpc) is 2.98. The topological polar surface area (TPSA) is 61.4 Å². The van der Waals surface area contributed by atoms with Crippen LogP contribution in [0.3, 0.4) is 0 Å². The highest BCUT2D eigenvalue weighted by molar-refractivity contribution is 5.85. The Kier molecular flexibility index (Phi) is 6.03. The van der Waals surface area contributed by atoms with Gasteiger partial charge in [-0.05, 0) is 45.1 Å². The van der Waals surface area contributed by atoms with Crippen molar-refractivity contribution >= 4 is 11.8 Å². The molecule has 0 aromatic rings. The molecule has 1 heterocycles. The Bertz CT molecular complexity index is 367. The van der Waals surface area contributed by atoms with Crippen LogP contribution in [0.5, 0.6) is 0 Å². The van der Waals surface area contributed by atoms with Gasteiger partial charge in [-0.1, -0.05) is 19.3 Å². The summed E-state index contributed by atoms with van der Waals surface area (Å²) in [5, 5.41) is 5.74. The summed E-state index contributed by atoms with van der Waals surface area (Å²) in [6, 6.07) is -0.264. The normalized spacial score (nSPS) is 25.5. The second-order valence-corrected chi connectivity index (χ2v) is 6.25. The lowest BCUT2D eigenvalue weighted by Gasteiger charge is -2.38. The summed E-state index contributed by atoms with van der Waals surface area (Å²) in [6.45, 7) is 3.45. The smallest absolute Gasteiger partial charge is 0.237 e. The fourth-order valence-electron chi connectivity index (χ4n) is 3.93. The Labute approximate surface area is 127 Å². The maximum atomic E-state index is 12.4. The van der Waals surface area contributed by atoms with Crippen molar-refractivity contribution < 1.29 is 9.59 Å². The van der Waals surface area contributed by atoms with Crippen LogP contribution in [0.4, 0.5) is 0 Å². The number of amides is 2. The van der Waals surface area contributed by atoms with Gasteiger partial charge in [-0.2, -0.15) is 0 Å². The number of carbonyl (C=O) groups is 2. The molecule has 2 amide bonds. The molecule has 0 aromatic carbocycles. The third-order valence-electron chi connectivity index (χ3n) is 4.92. The number of rotatable bonds is 5. The van der Waals surface area contributed by atoms with E-state index >= 15 is 0 Å². The molecular weight excluding hydrogens is 266 g/mol. The molecule has 1 aliphatic carbocycles. The fourth-order valence-corrected chi connectivity index (χ4v) is 3.93. The molecule has 2 rings (SSSR count). The molecule has 120 valence electrons. The van der Waals surface area contributed by atoms with E-state index in [1.165, 1.54) is 19.3 Å². The minimum Gasteiger partial charge on any atom is -0.358 e. The van der Waals surface area contributed by atoms with Crippen molar-refractivity contribution in [3.8, 4) is 0 Å². The maximum absolute atomic E-state index is 12.4. The number of likely N-dealkylation sites (tertiary alicyclic amines) is 1. The summed E-state index contributed by atoms with van der Waals surface area (Å²) in [6.07, 6.45) is 7.77. The minimum atomic E-state index is -0.134. The van der Waals surface area contributed by atoms with Gasteiger partial charge in [0.2, 0.25) is 11.8 Å². The second-order valence-electron chi connectivity index (χ2n) is 6.25. The summed E-state index contributed by atoms with van der Waals surface area (Å²) < 4.78 is 0. The van der Waals surface area contributed by atoms with Gasteiger partial charge in [0.05, 0.1) is 12.1 Å². The summed E-state index contributed by atoms with van der Waals surface area (Å²) in [5.74, 6) is 0.562. The molecular formula is C16H29N3O2. The molecule has 0 aromatic heterocycles. The molecule has 2 atom stereocenters. The van der Waals surface area contributed by atoms with Gasteiger partial charge in [0.25, 0.3) is 0 Å². The molecule has 21 heavy (non-hydrogen) atoms. The van der Waals surface area contributed by atoms with Crippen LogP contribution in [-0.2, 0) is 9.59 Å². The van der Waals surface area contributed by atoms with E-state index in [4.69, 9.17) is 0 Å². The number of hydrogen-bond donors (Lipinski definition) is 2. The van der Waals surface area contributed by atoms with Gasteiger partial charge in [-0.15, -0.1) is 0 Å². The standard InChI is InChI=1S/C16H29N3O2/c1-3-18-15(20)13-10-7-11-19(13)14(16(21)17-2)12-8-5-4-6-9-12/h12-14H,3-11H2,1-2H3,(H,17,21)(H,18,20)/t13-,14+/m0/s1. The van der Waals surface area contributed by atoms with Gasteiger partial charge < -0.3 is 10.6 Å². The van der Waals surface area contributed by atoms with Crippen molar-refractivity contribution in [2.45, 2.75) is 64.0 Å². The van der Waals surface area contributed by atoms with E-state index in [0.717, 1.165) is 32.2 Å². The van der Waals surface area contributed by atoms with Crippen LogP contribution < -0.4 is 10.6 Å². The van der Waals surface area contributed by atoms with Crippen molar-refractivity contribution in [3.63, 3.8) is 0 Å². The Morgan fingerprint density at radius 2 is 1.86 bits per heavy atom. The van der Waals surface area contributed by atoms with Gasteiger partial charge in [0, 0.05) is 13.6 Å². The predicted octanol–water partition coefficient (Wildman–Crippen LogP) is 1.28. The van der Waals surface area contributed by atoms with E-state index in [-0.39, 0.29) is 23.9 Å². The van der Waals surface area contributed by atoms with Crippen LogP contribution in [-0.4, -0.2) is 48.9 Å². The maximum Gasteiger partial charge on any atom is 0.237 e. The highest BCUT2D eigenvalue weighted by atomic mass is 16.2. The van der Waals surface area contributed by atoms with E-state index in [1.54, 1.807) is 7.05 Å². The van der Waals surface area contributed by atoms with E-state index in [0.29, 0.717) is 12.5 Å². The zero-order valence-corrected chi connectivity index (χ0v) is 13.4. The summed E-state index contributed by atoms with van der Waals surface area (Å²) in [7, 11) is 1.70. The molecule has 1 aliphatic heterocycles. The molecule has 1 saturated carbocycles. The Morgan fingerprint density at radius 1 is 1.14 bits per heavy atom. The molecule has 0 unspecified atom stereocenters. The van der Waals surface area contributed by atoms with Crippen LogP contribution in [0, 0.1) is 5.92 Å². The van der Waals surface area contributed by atoms with Crippen molar-refractivity contribution in [2.24, 2.45) is 5.92 Å². The average molecular weight is 295 g/mol. The zero-order valence-electron chi connectivity index (χ0n) is 13.4. The Balaban J connectivity index is 2.14. The van der Waals surface area contributed by atoms with E-state index in [2.05, 4.69) is 15.5 Å². The highest BCUT2D eigenvalue weighted by Crippen LogP contribution is 2.32. The lowest BCUT2D eigenvalue weighted by Crippen LogP contribution is -2.56. The zero-order chi connectivity index (χ0) is 15.2. The molecule has 5 heteroatoms. The Morgan fingerprint density at radius 3 is 2.48 bits per heavy atom. The van der Waals surface area contributed by atoms with Gasteiger partial charge in [-0.25, -0.2) is 0 Å². The molecule has 2 aliphatic rings. The highest BCUT2D eigenvalue weighted by Gasteiger charge is 2.41. The summed E-state index contributed by atoms with van der Waals surface area (Å²) in [4.78, 5) is 26.9. The monoisotopic (exact) mass is 295 g/mol. The van der Waals surface area contributed by atoms with Crippen LogP contribution >= 0.6 is 0 Å². The molecule has 2 N–H and O–H groups in total. The molecule has 2 fully saturated rings. The van der Waals surface area contributed by atoms with Gasteiger partial charge >= 0.3 is 0 Å². The fraction of sp³-hybridized carbons (Fsp3) is 0.875. The molecule has 0 spiro atoms. The van der Waals surface area contributed by atoms with Crippen molar-refractivity contribution in [2.75, 3.05) is 20.1 Å². The van der Waals surface area contributed by atoms with Gasteiger partial charge in [0.1, 0.15) is 0 Å². The van der Waals surface area contributed by atoms with Crippen LogP contribution in [0.2, 0.25) is 0 Å². The molecule has 1 saturated heterocycles. The second kappa shape index (κ2) is 7.78. The van der Waals surface area contributed by atoms with E-state index in [9.17, 15) is 9.59 Å². The minimum absolute atomic E-state index is 0.0816.